The number of thiazole rings is 1. The number of carbonyl (C=O) groups is 1. The summed E-state index contributed by atoms with van der Waals surface area (Å²) in [5.74, 6) is 0.820. The van der Waals surface area contributed by atoms with Crippen LogP contribution in [0.2, 0.25) is 0 Å². The molecule has 3 heterocycles. The quantitative estimate of drug-likeness (QED) is 0.352. The van der Waals surface area contributed by atoms with Gasteiger partial charge in [0.1, 0.15) is 5.75 Å². The van der Waals surface area contributed by atoms with Gasteiger partial charge in [-0.15, -0.1) is 0 Å². The van der Waals surface area contributed by atoms with E-state index in [4.69, 9.17) is 9.72 Å². The number of ether oxygens (including phenoxy) is 1. The van der Waals surface area contributed by atoms with Crippen LogP contribution in [0.5, 0.6) is 5.75 Å². The van der Waals surface area contributed by atoms with Crippen molar-refractivity contribution in [3.05, 3.63) is 54.2 Å². The summed E-state index contributed by atoms with van der Waals surface area (Å²) >= 11 is 1.60. The topological polar surface area (TPSA) is 62.1 Å². The smallest absolute Gasteiger partial charge is 0.251 e. The van der Waals surface area contributed by atoms with E-state index in [9.17, 15) is 4.79 Å². The van der Waals surface area contributed by atoms with Crippen molar-refractivity contribution >= 4 is 32.4 Å². The van der Waals surface area contributed by atoms with Crippen molar-refractivity contribution in [3.8, 4) is 17.0 Å². The van der Waals surface area contributed by atoms with Crippen molar-refractivity contribution in [2.24, 2.45) is 0 Å². The molecule has 0 bridgehead atoms. The highest BCUT2D eigenvalue weighted by molar-refractivity contribution is 7.23. The number of hydrogen-bond donors (Lipinski definition) is 1. The van der Waals surface area contributed by atoms with Crippen LogP contribution in [-0.2, 0) is 0 Å². The van der Waals surface area contributed by atoms with Crippen LogP contribution in [0.25, 0.3) is 26.4 Å². The van der Waals surface area contributed by atoms with Crippen LogP contribution in [0.1, 0.15) is 30.1 Å². The molecule has 0 radical (unpaired) electrons. The molecule has 1 saturated heterocycles. The zero-order valence-corrected chi connectivity index (χ0v) is 21.3. The molecule has 8 heteroatoms. The van der Waals surface area contributed by atoms with Crippen LogP contribution in [0.4, 0.5) is 0 Å². The Kier molecular flexibility index (Phi) is 7.32. The summed E-state index contributed by atoms with van der Waals surface area (Å²) in [4.78, 5) is 23.5. The molecule has 35 heavy (non-hydrogen) atoms. The van der Waals surface area contributed by atoms with Crippen LogP contribution in [0.15, 0.2) is 48.7 Å². The van der Waals surface area contributed by atoms with E-state index in [1.165, 1.54) is 13.0 Å². The van der Waals surface area contributed by atoms with Crippen LogP contribution in [-0.4, -0.2) is 78.0 Å². The predicted octanol–water partition coefficient (Wildman–Crippen LogP) is 4.37. The Morgan fingerprint density at radius 3 is 2.51 bits per heavy atom. The number of fused-ring (bicyclic) bond motifs is 3. The average molecular weight is 492 g/mol. The second-order valence-corrected chi connectivity index (χ2v) is 10.1. The predicted molar refractivity (Wildman–Crippen MR) is 143 cm³/mol. The van der Waals surface area contributed by atoms with Gasteiger partial charge in [0.05, 0.1) is 23.0 Å². The number of hydrogen-bond acceptors (Lipinski definition) is 6. The maximum Gasteiger partial charge on any atom is 0.251 e. The highest BCUT2D eigenvalue weighted by Gasteiger charge is 2.16. The second-order valence-electron chi connectivity index (χ2n) is 9.08. The van der Waals surface area contributed by atoms with Gasteiger partial charge >= 0.3 is 0 Å². The van der Waals surface area contributed by atoms with Crippen molar-refractivity contribution in [1.82, 2.24) is 24.5 Å². The molecule has 0 atom stereocenters. The maximum atomic E-state index is 12.7. The number of rotatable bonds is 9. The average Bonchev–Trinajstić information content (AvgIpc) is 3.45. The summed E-state index contributed by atoms with van der Waals surface area (Å²) in [6, 6.07) is 13.8. The Labute approximate surface area is 210 Å². The number of imidazole rings is 1. The minimum atomic E-state index is -0.00960. The van der Waals surface area contributed by atoms with Crippen LogP contribution < -0.4 is 10.1 Å². The third-order valence-electron chi connectivity index (χ3n) is 6.68. The van der Waals surface area contributed by atoms with Gasteiger partial charge in [0.25, 0.3) is 5.91 Å². The number of nitrogens with zero attached hydrogens (tertiary/aromatic N) is 4. The molecule has 0 spiro atoms. The van der Waals surface area contributed by atoms with Gasteiger partial charge in [-0.3, -0.25) is 9.20 Å². The van der Waals surface area contributed by atoms with Gasteiger partial charge in [-0.1, -0.05) is 18.3 Å². The normalized spacial score (nSPS) is 15.1. The van der Waals surface area contributed by atoms with Crippen molar-refractivity contribution in [2.75, 3.05) is 52.9 Å². The van der Waals surface area contributed by atoms with E-state index in [-0.39, 0.29) is 5.91 Å². The number of methoxy groups -OCH3 is 1. The van der Waals surface area contributed by atoms with Gasteiger partial charge in [-0.05, 0) is 68.4 Å². The van der Waals surface area contributed by atoms with E-state index in [0.717, 1.165) is 71.3 Å². The summed E-state index contributed by atoms with van der Waals surface area (Å²) in [7, 11) is 1.67. The molecule has 1 aliphatic heterocycles. The van der Waals surface area contributed by atoms with Crippen LogP contribution in [0, 0.1) is 0 Å². The highest BCUT2D eigenvalue weighted by Crippen LogP contribution is 2.30. The Bertz CT molecular complexity index is 1290. The molecule has 5 rings (SSSR count). The molecule has 1 N–H and O–H groups in total. The Morgan fingerprint density at radius 2 is 1.80 bits per heavy atom. The molecule has 1 aliphatic rings. The molecule has 0 unspecified atom stereocenters. The SMILES string of the molecule is CCCN1CCN(CCCNC(=O)c2ccc3c(c2)sc2nc(-c4ccc(OC)cc4)cn23)CC1. The van der Waals surface area contributed by atoms with Gasteiger partial charge in [-0.25, -0.2) is 4.98 Å². The van der Waals surface area contributed by atoms with E-state index in [1.807, 2.05) is 42.5 Å². The van der Waals surface area contributed by atoms with Crippen molar-refractivity contribution < 1.29 is 9.53 Å². The Morgan fingerprint density at radius 1 is 1.06 bits per heavy atom. The molecule has 1 fully saturated rings. The minimum absolute atomic E-state index is 0.00960. The Hall–Kier alpha value is -2.94. The summed E-state index contributed by atoms with van der Waals surface area (Å²) in [5.41, 5.74) is 3.74. The van der Waals surface area contributed by atoms with Gasteiger partial charge < -0.3 is 19.9 Å². The summed E-state index contributed by atoms with van der Waals surface area (Å²) < 4.78 is 8.41. The minimum Gasteiger partial charge on any atom is -0.497 e. The number of piperazine rings is 1. The van der Waals surface area contributed by atoms with E-state index in [2.05, 4.69) is 32.6 Å². The summed E-state index contributed by atoms with van der Waals surface area (Å²) in [6.07, 6.45) is 4.25. The third kappa shape index (κ3) is 5.34. The zero-order valence-electron chi connectivity index (χ0n) is 20.5. The molecule has 4 aromatic rings. The zero-order chi connectivity index (χ0) is 24.2. The molecule has 184 valence electrons. The largest absolute Gasteiger partial charge is 0.497 e. The summed E-state index contributed by atoms with van der Waals surface area (Å²) in [5, 5.41) is 3.10. The maximum absolute atomic E-state index is 12.7. The van der Waals surface area contributed by atoms with Gasteiger partial charge in [0.2, 0.25) is 0 Å². The molecule has 7 nitrogen and oxygen atoms in total. The van der Waals surface area contributed by atoms with Crippen LogP contribution in [0.3, 0.4) is 0 Å². The van der Waals surface area contributed by atoms with Gasteiger partial charge in [-0.2, -0.15) is 0 Å². The lowest BCUT2D eigenvalue weighted by Crippen LogP contribution is -2.47. The van der Waals surface area contributed by atoms with Gasteiger partial charge in [0, 0.05) is 50.0 Å². The third-order valence-corrected chi connectivity index (χ3v) is 7.70. The second kappa shape index (κ2) is 10.8. The standard InChI is InChI=1S/C27H33N5O2S/c1-3-12-30-14-16-31(17-15-30)13-4-11-28-26(33)21-7-10-24-25(18-21)35-27-29-23(19-32(24)27)20-5-8-22(34-2)9-6-20/h5-10,18-19H,3-4,11-17H2,1-2H3,(H,28,33). The fourth-order valence-corrected chi connectivity index (χ4v) is 5.75. The Balaban J connectivity index is 1.17. The lowest BCUT2D eigenvalue weighted by molar-refractivity contribution is 0.0948. The number of carbonyl (C=O) groups excluding carboxylic acids is 1. The molecule has 2 aromatic carbocycles. The molecule has 0 aliphatic carbocycles. The number of aromatic nitrogens is 2. The number of amides is 1. The van der Waals surface area contributed by atoms with Crippen molar-refractivity contribution in [2.45, 2.75) is 19.8 Å². The van der Waals surface area contributed by atoms with Gasteiger partial charge in [0.15, 0.2) is 4.96 Å². The fraction of sp³-hybridized carbons (Fsp3) is 0.407. The monoisotopic (exact) mass is 491 g/mol. The highest BCUT2D eigenvalue weighted by atomic mass is 32.1. The summed E-state index contributed by atoms with van der Waals surface area (Å²) in [6.45, 7) is 9.76. The molecule has 1 amide bonds. The first-order valence-corrected chi connectivity index (χ1v) is 13.2. The van der Waals surface area contributed by atoms with E-state index in [1.54, 1.807) is 18.4 Å². The lowest BCUT2D eigenvalue weighted by atomic mass is 10.1. The molecular weight excluding hydrogens is 458 g/mol. The first kappa shape index (κ1) is 23.8. The van der Waals surface area contributed by atoms with E-state index >= 15 is 0 Å². The van der Waals surface area contributed by atoms with E-state index in [0.29, 0.717) is 12.1 Å². The molecule has 2 aromatic heterocycles. The van der Waals surface area contributed by atoms with Crippen molar-refractivity contribution in [3.63, 3.8) is 0 Å². The fourth-order valence-electron chi connectivity index (χ4n) is 4.70. The molecule has 0 saturated carbocycles. The van der Waals surface area contributed by atoms with Crippen molar-refractivity contribution in [1.29, 1.82) is 0 Å². The lowest BCUT2D eigenvalue weighted by Gasteiger charge is -2.34. The number of benzene rings is 2. The first-order chi connectivity index (χ1) is 17.1. The van der Waals surface area contributed by atoms with E-state index < -0.39 is 0 Å². The van der Waals surface area contributed by atoms with Crippen LogP contribution >= 0.6 is 11.3 Å². The molecular formula is C27H33N5O2S. The number of nitrogens with one attached hydrogen (secondary N) is 1. The first-order valence-electron chi connectivity index (χ1n) is 12.4.